The molecule has 3 aromatic carbocycles. The summed E-state index contributed by atoms with van der Waals surface area (Å²) in [6, 6.07) is 21.6. The molecule has 206 valence electrons. The highest BCUT2D eigenvalue weighted by molar-refractivity contribution is 6.32. The van der Waals surface area contributed by atoms with Crippen LogP contribution >= 0.6 is 11.6 Å². The summed E-state index contributed by atoms with van der Waals surface area (Å²) < 4.78 is 18.2. The molecule has 8 heteroatoms. The summed E-state index contributed by atoms with van der Waals surface area (Å²) in [5.74, 6) is 0.742. The fourth-order valence-electron chi connectivity index (χ4n) is 5.16. The summed E-state index contributed by atoms with van der Waals surface area (Å²) in [5, 5.41) is 0.782. The zero-order valence-electron chi connectivity index (χ0n) is 22.6. The van der Waals surface area contributed by atoms with Crippen molar-refractivity contribution in [3.63, 3.8) is 0 Å². The van der Waals surface area contributed by atoms with Gasteiger partial charge in [0.1, 0.15) is 12.2 Å². The second kappa shape index (κ2) is 11.1. The van der Waals surface area contributed by atoms with E-state index in [4.69, 9.17) is 25.5 Å². The number of rotatable bonds is 8. The van der Waals surface area contributed by atoms with E-state index in [1.807, 2.05) is 74.5 Å². The van der Waals surface area contributed by atoms with E-state index in [-0.39, 0.29) is 29.2 Å². The van der Waals surface area contributed by atoms with Crippen LogP contribution in [0.1, 0.15) is 51.3 Å². The predicted octanol–water partition coefficient (Wildman–Crippen LogP) is 6.87. The molecular formula is C33H27ClN2O5. The van der Waals surface area contributed by atoms with Gasteiger partial charge in [0.25, 0.3) is 5.91 Å². The maximum atomic E-state index is 14.0. The molecule has 1 aliphatic heterocycles. The smallest absolute Gasteiger partial charge is 0.291 e. The molecule has 0 saturated heterocycles. The molecule has 0 aliphatic carbocycles. The second-order valence-corrected chi connectivity index (χ2v) is 10.3. The lowest BCUT2D eigenvalue weighted by atomic mass is 9.97. The van der Waals surface area contributed by atoms with Gasteiger partial charge in [0.05, 0.1) is 23.6 Å². The molecule has 0 N–H and O–H groups in total. The largest absolute Gasteiger partial charge is 0.490 e. The Bertz CT molecular complexity index is 1800. The number of aromatic nitrogens is 1. The van der Waals surface area contributed by atoms with Gasteiger partial charge in [-0.1, -0.05) is 54.1 Å². The quantitative estimate of drug-likeness (QED) is 0.204. The molecular weight excluding hydrogens is 540 g/mol. The Morgan fingerprint density at radius 2 is 1.76 bits per heavy atom. The number of carbonyl (C=O) groups excluding carboxylic acids is 1. The number of fused-ring (bicyclic) bond motifs is 2. The molecule has 1 atom stereocenters. The van der Waals surface area contributed by atoms with E-state index in [0.717, 1.165) is 16.7 Å². The fraction of sp³-hybridized carbons (Fsp3) is 0.182. The van der Waals surface area contributed by atoms with Crippen molar-refractivity contribution in [1.29, 1.82) is 0 Å². The number of benzene rings is 3. The molecule has 2 aromatic heterocycles. The number of carbonyl (C=O) groups is 1. The summed E-state index contributed by atoms with van der Waals surface area (Å²) in [5.41, 5.74) is 3.60. The monoisotopic (exact) mass is 566 g/mol. The van der Waals surface area contributed by atoms with Crippen molar-refractivity contribution in [2.45, 2.75) is 33.0 Å². The Morgan fingerprint density at radius 1 is 0.951 bits per heavy atom. The normalized spacial score (nSPS) is 14.4. The number of amides is 1. The Morgan fingerprint density at radius 3 is 2.51 bits per heavy atom. The van der Waals surface area contributed by atoms with Crippen molar-refractivity contribution in [2.75, 3.05) is 6.61 Å². The molecule has 7 nitrogen and oxygen atoms in total. The predicted molar refractivity (Wildman–Crippen MR) is 157 cm³/mol. The highest BCUT2D eigenvalue weighted by Crippen LogP contribution is 2.42. The first-order chi connectivity index (χ1) is 19.9. The van der Waals surface area contributed by atoms with Gasteiger partial charge in [-0.3, -0.25) is 14.6 Å². The van der Waals surface area contributed by atoms with Crippen molar-refractivity contribution < 1.29 is 18.7 Å². The minimum atomic E-state index is -0.721. The van der Waals surface area contributed by atoms with Crippen molar-refractivity contribution in [1.82, 2.24) is 9.88 Å². The maximum absolute atomic E-state index is 14.0. The molecule has 3 heterocycles. The average molecular weight is 567 g/mol. The van der Waals surface area contributed by atoms with E-state index in [0.29, 0.717) is 46.3 Å². The Kier molecular flexibility index (Phi) is 7.20. The SMILES string of the molecule is CCOc1cc(C2c3c(oc4cc(C)c(Cl)cc4c3=O)C(=O)N2Cc2cccnc2)ccc1OCc1ccccc1. The van der Waals surface area contributed by atoms with Gasteiger partial charge in [0.2, 0.25) is 5.76 Å². The molecule has 1 amide bonds. The molecule has 41 heavy (non-hydrogen) atoms. The van der Waals surface area contributed by atoms with Crippen LogP contribution in [-0.2, 0) is 13.2 Å². The van der Waals surface area contributed by atoms with Crippen LogP contribution in [0.15, 0.2) is 94.4 Å². The van der Waals surface area contributed by atoms with Crippen molar-refractivity contribution in [3.8, 4) is 11.5 Å². The lowest BCUT2D eigenvalue weighted by Gasteiger charge is -2.26. The standard InChI is InChI=1S/C33H27ClN2O5/c1-3-39-28-15-23(11-12-26(28)40-19-21-8-5-4-6-9-21)30-29-31(37)24-16-25(34)20(2)14-27(24)41-32(29)33(38)36(30)18-22-10-7-13-35-17-22/h4-17,30H,3,18-19H2,1-2H3. The number of nitrogens with zero attached hydrogens (tertiary/aromatic N) is 2. The minimum absolute atomic E-state index is 0.0282. The molecule has 1 unspecified atom stereocenters. The van der Waals surface area contributed by atoms with Gasteiger partial charge in [-0.2, -0.15) is 0 Å². The van der Waals surface area contributed by atoms with Crippen LogP contribution in [-0.4, -0.2) is 22.4 Å². The minimum Gasteiger partial charge on any atom is -0.490 e. The lowest BCUT2D eigenvalue weighted by Crippen LogP contribution is -2.29. The van der Waals surface area contributed by atoms with Gasteiger partial charge in [-0.15, -0.1) is 0 Å². The number of ether oxygens (including phenoxy) is 2. The first-order valence-electron chi connectivity index (χ1n) is 13.3. The number of hydrogen-bond acceptors (Lipinski definition) is 6. The van der Waals surface area contributed by atoms with E-state index < -0.39 is 6.04 Å². The topological polar surface area (TPSA) is 81.9 Å². The number of pyridine rings is 1. The Balaban J connectivity index is 1.47. The van der Waals surface area contributed by atoms with Crippen molar-refractivity contribution >= 4 is 28.5 Å². The van der Waals surface area contributed by atoms with Crippen LogP contribution in [0.5, 0.6) is 11.5 Å². The summed E-state index contributed by atoms with van der Waals surface area (Å²) in [6.45, 7) is 4.73. The lowest BCUT2D eigenvalue weighted by molar-refractivity contribution is 0.0714. The Hall–Kier alpha value is -4.62. The molecule has 0 fully saturated rings. The number of aryl methyl sites for hydroxylation is 1. The molecule has 0 radical (unpaired) electrons. The summed E-state index contributed by atoms with van der Waals surface area (Å²) >= 11 is 6.38. The first kappa shape index (κ1) is 26.6. The van der Waals surface area contributed by atoms with E-state index in [1.165, 1.54) is 0 Å². The third-order valence-corrected chi connectivity index (χ3v) is 7.55. The summed E-state index contributed by atoms with van der Waals surface area (Å²) in [4.78, 5) is 33.7. The molecule has 5 aromatic rings. The molecule has 0 spiro atoms. The maximum Gasteiger partial charge on any atom is 0.291 e. The van der Waals surface area contributed by atoms with Crippen LogP contribution in [0, 0.1) is 6.92 Å². The fourth-order valence-corrected chi connectivity index (χ4v) is 5.32. The number of halogens is 1. The van der Waals surface area contributed by atoms with Crippen LogP contribution < -0.4 is 14.9 Å². The van der Waals surface area contributed by atoms with Crippen LogP contribution in [0.2, 0.25) is 5.02 Å². The van der Waals surface area contributed by atoms with Gasteiger partial charge in [0, 0.05) is 24.0 Å². The van der Waals surface area contributed by atoms with Gasteiger partial charge in [0.15, 0.2) is 16.9 Å². The third-order valence-electron chi connectivity index (χ3n) is 7.14. The first-order valence-corrected chi connectivity index (χ1v) is 13.7. The molecule has 1 aliphatic rings. The molecule has 0 saturated carbocycles. The highest BCUT2D eigenvalue weighted by Gasteiger charge is 2.43. The second-order valence-electron chi connectivity index (χ2n) is 9.88. The zero-order chi connectivity index (χ0) is 28.5. The van der Waals surface area contributed by atoms with Gasteiger partial charge in [-0.05, 0) is 66.4 Å². The third kappa shape index (κ3) is 5.05. The van der Waals surface area contributed by atoms with E-state index in [2.05, 4.69) is 4.98 Å². The van der Waals surface area contributed by atoms with Crippen LogP contribution in [0.25, 0.3) is 11.0 Å². The van der Waals surface area contributed by atoms with Crippen molar-refractivity contribution in [2.24, 2.45) is 0 Å². The highest BCUT2D eigenvalue weighted by atomic mass is 35.5. The van der Waals surface area contributed by atoms with E-state index in [9.17, 15) is 9.59 Å². The summed E-state index contributed by atoms with van der Waals surface area (Å²) in [7, 11) is 0. The van der Waals surface area contributed by atoms with Crippen LogP contribution in [0.3, 0.4) is 0 Å². The Labute approximate surface area is 241 Å². The zero-order valence-corrected chi connectivity index (χ0v) is 23.4. The van der Waals surface area contributed by atoms with E-state index in [1.54, 1.807) is 29.4 Å². The molecule has 0 bridgehead atoms. The van der Waals surface area contributed by atoms with Gasteiger partial charge in [-0.25, -0.2) is 0 Å². The summed E-state index contributed by atoms with van der Waals surface area (Å²) in [6.07, 6.45) is 3.38. The number of hydrogen-bond donors (Lipinski definition) is 0. The van der Waals surface area contributed by atoms with Gasteiger partial charge >= 0.3 is 0 Å². The van der Waals surface area contributed by atoms with Crippen LogP contribution in [0.4, 0.5) is 0 Å². The van der Waals surface area contributed by atoms with Gasteiger partial charge < -0.3 is 18.8 Å². The van der Waals surface area contributed by atoms with E-state index >= 15 is 0 Å². The van der Waals surface area contributed by atoms with Crippen molar-refractivity contribution in [3.05, 3.63) is 134 Å². The average Bonchev–Trinajstić information content (AvgIpc) is 3.26. The molecule has 6 rings (SSSR count).